The monoisotopic (exact) mass is 567 g/mol. The standard InChI is InChI=1S/C31H34BN5O5/c1-33-28(39)26(7-4-14-38)37-19-24-23(29(37)40)8-9-25-27(24)42-31(32,41)30(25)10-12-36(13-11-30)17-20-5-3-6-21(15-20)22-16-34-35(2)18-22/h3,5-6,8-9,14-16,18,26,41H,4,7,10-13,17,19H2,1-2H3,(H,33,39). The van der Waals surface area contributed by atoms with E-state index in [1.165, 1.54) is 17.5 Å². The van der Waals surface area contributed by atoms with Crippen LogP contribution in [-0.2, 0) is 35.1 Å². The summed E-state index contributed by atoms with van der Waals surface area (Å²) in [5, 5.41) is 18.3. The van der Waals surface area contributed by atoms with E-state index in [1.54, 1.807) is 10.7 Å². The van der Waals surface area contributed by atoms with E-state index >= 15 is 0 Å². The van der Waals surface area contributed by atoms with Crippen LogP contribution in [0.1, 0.15) is 52.7 Å². The number of rotatable bonds is 8. The summed E-state index contributed by atoms with van der Waals surface area (Å²) < 4.78 is 7.86. The fourth-order valence-corrected chi connectivity index (χ4v) is 6.79. The van der Waals surface area contributed by atoms with Gasteiger partial charge in [-0.05, 0) is 55.6 Å². The molecule has 0 bridgehead atoms. The molecule has 2 unspecified atom stereocenters. The molecule has 3 aliphatic heterocycles. The molecule has 6 rings (SSSR count). The number of piperidine rings is 1. The van der Waals surface area contributed by atoms with Crippen LogP contribution < -0.4 is 10.1 Å². The Kier molecular flexibility index (Phi) is 7.18. The molecule has 10 nitrogen and oxygen atoms in total. The largest absolute Gasteiger partial charge is 0.471 e. The van der Waals surface area contributed by atoms with Gasteiger partial charge in [-0.15, -0.1) is 0 Å². The molecule has 1 aromatic heterocycles. The van der Waals surface area contributed by atoms with Gasteiger partial charge in [0.05, 0.1) is 18.2 Å². The van der Waals surface area contributed by atoms with E-state index < -0.39 is 17.1 Å². The minimum atomic E-state index is -1.94. The number of hydrogen-bond acceptors (Lipinski definition) is 7. The Hall–Kier alpha value is -3.96. The topological polar surface area (TPSA) is 117 Å². The average molecular weight is 567 g/mol. The van der Waals surface area contributed by atoms with Crippen molar-refractivity contribution in [3.63, 3.8) is 0 Å². The molecule has 2 N–H and O–H groups in total. The number of nitrogens with one attached hydrogen (secondary N) is 1. The third-order valence-electron chi connectivity index (χ3n) is 9.10. The Morgan fingerprint density at radius 2 is 2.02 bits per heavy atom. The Morgan fingerprint density at radius 3 is 2.71 bits per heavy atom. The van der Waals surface area contributed by atoms with Crippen LogP contribution in [0.2, 0.25) is 0 Å². The van der Waals surface area contributed by atoms with Gasteiger partial charge in [-0.1, -0.05) is 24.3 Å². The van der Waals surface area contributed by atoms with E-state index in [9.17, 15) is 19.5 Å². The summed E-state index contributed by atoms with van der Waals surface area (Å²) in [5.74, 6) is -0.210. The summed E-state index contributed by atoms with van der Waals surface area (Å²) in [5.41, 5.74) is 2.44. The zero-order valence-electron chi connectivity index (χ0n) is 23.9. The second-order valence-corrected chi connectivity index (χ2v) is 11.5. The number of nitrogens with zero attached hydrogens (tertiary/aromatic N) is 4. The normalized spacial score (nSPS) is 21.6. The van der Waals surface area contributed by atoms with Crippen molar-refractivity contribution in [2.75, 3.05) is 20.1 Å². The van der Waals surface area contributed by atoms with Crippen LogP contribution in [0.15, 0.2) is 48.8 Å². The molecular formula is C31H34BN5O5. The van der Waals surface area contributed by atoms with Gasteiger partial charge in [0, 0.05) is 55.5 Å². The maximum atomic E-state index is 13.4. The highest BCUT2D eigenvalue weighted by molar-refractivity contribution is 6.15. The summed E-state index contributed by atoms with van der Waals surface area (Å²) in [6.45, 7) is 2.30. The van der Waals surface area contributed by atoms with Crippen molar-refractivity contribution >= 4 is 25.9 Å². The van der Waals surface area contributed by atoms with Gasteiger partial charge in [0.2, 0.25) is 5.91 Å². The molecule has 3 aliphatic rings. The van der Waals surface area contributed by atoms with Gasteiger partial charge in [0.25, 0.3) is 5.91 Å². The first kappa shape index (κ1) is 28.2. The lowest BCUT2D eigenvalue weighted by molar-refractivity contribution is -0.125. The first-order chi connectivity index (χ1) is 20.2. The summed E-state index contributed by atoms with van der Waals surface area (Å²) in [4.78, 5) is 40.8. The molecule has 0 saturated carbocycles. The van der Waals surface area contributed by atoms with E-state index in [1.807, 2.05) is 25.5 Å². The van der Waals surface area contributed by atoms with Crippen LogP contribution in [0.4, 0.5) is 0 Å². The van der Waals surface area contributed by atoms with E-state index in [2.05, 4.69) is 39.6 Å². The highest BCUT2D eigenvalue weighted by Gasteiger charge is 2.58. The molecule has 0 aliphatic carbocycles. The first-order valence-corrected chi connectivity index (χ1v) is 14.3. The second kappa shape index (κ2) is 10.7. The van der Waals surface area contributed by atoms with Crippen LogP contribution in [0.3, 0.4) is 0 Å². The molecule has 1 spiro atoms. The summed E-state index contributed by atoms with van der Waals surface area (Å²) in [6, 6.07) is 11.2. The Balaban J connectivity index is 1.22. The lowest BCUT2D eigenvalue weighted by Crippen LogP contribution is -2.57. The molecular weight excluding hydrogens is 533 g/mol. The number of aryl methyl sites for hydroxylation is 1. The number of aromatic nitrogens is 2. The molecule has 2 aromatic carbocycles. The number of aldehydes is 1. The van der Waals surface area contributed by atoms with Crippen LogP contribution >= 0.6 is 0 Å². The predicted molar refractivity (Wildman–Crippen MR) is 156 cm³/mol. The molecule has 2 amide bonds. The predicted octanol–water partition coefficient (Wildman–Crippen LogP) is 1.88. The fraction of sp³-hybridized carbons (Fsp3) is 0.419. The molecule has 4 heterocycles. The summed E-state index contributed by atoms with van der Waals surface area (Å²) in [7, 11) is 9.90. The Labute approximate surface area is 246 Å². The van der Waals surface area contributed by atoms with Gasteiger partial charge in [0.1, 0.15) is 18.1 Å². The van der Waals surface area contributed by atoms with Crippen LogP contribution in [0.25, 0.3) is 11.1 Å². The number of hydrogen-bond donors (Lipinski definition) is 2. The van der Waals surface area contributed by atoms with Crippen molar-refractivity contribution in [2.45, 2.75) is 55.9 Å². The van der Waals surface area contributed by atoms with E-state index in [-0.39, 0.29) is 31.2 Å². The number of amides is 2. The van der Waals surface area contributed by atoms with E-state index in [4.69, 9.17) is 12.6 Å². The Bertz CT molecular complexity index is 1540. The number of fused-ring (bicyclic) bond motifs is 4. The van der Waals surface area contributed by atoms with E-state index in [0.29, 0.717) is 42.8 Å². The summed E-state index contributed by atoms with van der Waals surface area (Å²) >= 11 is 0. The molecule has 216 valence electrons. The third kappa shape index (κ3) is 4.61. The van der Waals surface area contributed by atoms with E-state index in [0.717, 1.165) is 29.5 Å². The van der Waals surface area contributed by atoms with Gasteiger partial charge in [-0.3, -0.25) is 19.2 Å². The summed E-state index contributed by atoms with van der Waals surface area (Å²) in [6.07, 6.45) is 6.12. The highest BCUT2D eigenvalue weighted by atomic mass is 16.6. The SMILES string of the molecule is [B]C1(O)Oc2c(ccc3c2CN(C(CCC=O)C(=O)NC)C3=O)C12CCN(Cc1cccc(-c3cnn(C)c3)c1)CC2. The zero-order valence-corrected chi connectivity index (χ0v) is 23.9. The Morgan fingerprint density at radius 1 is 1.24 bits per heavy atom. The zero-order chi connectivity index (χ0) is 29.6. The maximum absolute atomic E-state index is 13.4. The second-order valence-electron chi connectivity index (χ2n) is 11.5. The number of carbonyl (C=O) groups excluding carboxylic acids is 3. The number of benzene rings is 2. The number of likely N-dealkylation sites (tertiary alicyclic amines) is 1. The molecule has 1 fully saturated rings. The number of carbonyl (C=O) groups is 3. The van der Waals surface area contributed by atoms with Crippen LogP contribution in [0, 0.1) is 0 Å². The number of ether oxygens (including phenoxy) is 1. The van der Waals surface area contributed by atoms with Crippen molar-refractivity contribution in [1.82, 2.24) is 24.9 Å². The van der Waals surface area contributed by atoms with Gasteiger partial charge in [-0.25, -0.2) is 0 Å². The molecule has 2 radical (unpaired) electrons. The minimum Gasteiger partial charge on any atom is -0.471 e. The molecule has 1 saturated heterocycles. The van der Waals surface area contributed by atoms with Gasteiger partial charge < -0.3 is 24.9 Å². The average Bonchev–Trinajstić information content (AvgIpc) is 3.63. The quantitative estimate of drug-likeness (QED) is 0.316. The molecule has 3 aromatic rings. The van der Waals surface area contributed by atoms with Crippen molar-refractivity contribution in [1.29, 1.82) is 0 Å². The molecule has 11 heteroatoms. The molecule has 42 heavy (non-hydrogen) atoms. The lowest BCUT2D eigenvalue weighted by atomic mass is 9.61. The van der Waals surface area contributed by atoms with Gasteiger partial charge in [-0.2, -0.15) is 5.10 Å². The smallest absolute Gasteiger partial charge is 0.255 e. The fourth-order valence-electron chi connectivity index (χ4n) is 6.79. The van der Waals surface area contributed by atoms with Crippen molar-refractivity contribution in [2.24, 2.45) is 7.05 Å². The number of aliphatic hydroxyl groups is 1. The van der Waals surface area contributed by atoms with Crippen LogP contribution in [0.5, 0.6) is 5.75 Å². The highest BCUT2D eigenvalue weighted by Crippen LogP contribution is 2.55. The van der Waals surface area contributed by atoms with Crippen LogP contribution in [-0.4, -0.2) is 82.5 Å². The van der Waals surface area contributed by atoms with Crippen molar-refractivity contribution in [3.05, 3.63) is 71.0 Å². The van der Waals surface area contributed by atoms with Gasteiger partial charge in [0.15, 0.2) is 13.5 Å². The van der Waals surface area contributed by atoms with Gasteiger partial charge >= 0.3 is 0 Å². The first-order valence-electron chi connectivity index (χ1n) is 14.3. The van der Waals surface area contributed by atoms with Crippen molar-refractivity contribution < 1.29 is 24.2 Å². The van der Waals surface area contributed by atoms with Crippen molar-refractivity contribution in [3.8, 4) is 16.9 Å². The minimum absolute atomic E-state index is 0.139. The third-order valence-corrected chi connectivity index (χ3v) is 9.10. The lowest BCUT2D eigenvalue weighted by Gasteiger charge is -2.45. The number of likely N-dealkylation sites (N-methyl/N-ethyl adjacent to an activating group) is 1. The molecule has 2 atom stereocenters. The maximum Gasteiger partial charge on any atom is 0.255 e.